The molecule has 9 nitrogen and oxygen atoms in total. The fourth-order valence-electron chi connectivity index (χ4n) is 5.73. The van der Waals surface area contributed by atoms with Crippen molar-refractivity contribution in [3.8, 4) is 0 Å². The number of anilines is 1. The minimum absolute atomic E-state index is 0.0257. The Morgan fingerprint density at radius 3 is 2.26 bits per heavy atom. The van der Waals surface area contributed by atoms with Crippen molar-refractivity contribution >= 4 is 23.6 Å². The van der Waals surface area contributed by atoms with E-state index >= 15 is 0 Å². The van der Waals surface area contributed by atoms with Crippen LogP contribution in [0.2, 0.25) is 0 Å². The number of aliphatic hydroxyl groups excluding tert-OH is 1. The lowest BCUT2D eigenvalue weighted by molar-refractivity contribution is -0.137. The Morgan fingerprint density at radius 2 is 1.71 bits per heavy atom. The Kier molecular flexibility index (Phi) is 9.60. The molecule has 9 heteroatoms. The van der Waals surface area contributed by atoms with Crippen molar-refractivity contribution < 1.29 is 24.2 Å². The highest BCUT2D eigenvalue weighted by Crippen LogP contribution is 2.36. The van der Waals surface area contributed by atoms with Crippen molar-refractivity contribution in [3.63, 3.8) is 0 Å². The maximum atomic E-state index is 14.6. The van der Waals surface area contributed by atoms with Crippen LogP contribution < -0.4 is 10.2 Å². The van der Waals surface area contributed by atoms with Gasteiger partial charge in [-0.2, -0.15) is 0 Å². The second-order valence-corrected chi connectivity index (χ2v) is 13.6. The zero-order chi connectivity index (χ0) is 30.7. The first-order chi connectivity index (χ1) is 19.8. The molecule has 1 aliphatic carbocycles. The van der Waals surface area contributed by atoms with Gasteiger partial charge in [-0.05, 0) is 62.8 Å². The normalized spacial score (nSPS) is 20.3. The highest BCUT2D eigenvalue weighted by Gasteiger charge is 2.51. The highest BCUT2D eigenvalue weighted by molar-refractivity contribution is 6.05. The molecule has 1 aromatic carbocycles. The topological polar surface area (TPSA) is 112 Å². The third-order valence-electron chi connectivity index (χ3n) is 8.04. The van der Waals surface area contributed by atoms with Crippen molar-refractivity contribution in [2.45, 2.75) is 103 Å². The van der Waals surface area contributed by atoms with Gasteiger partial charge in [0.05, 0.1) is 6.61 Å². The molecule has 0 spiro atoms. The molecule has 2 aromatic rings. The fourth-order valence-corrected chi connectivity index (χ4v) is 5.73. The summed E-state index contributed by atoms with van der Waals surface area (Å²) in [6, 6.07) is 9.16. The highest BCUT2D eigenvalue weighted by atomic mass is 16.6. The summed E-state index contributed by atoms with van der Waals surface area (Å²) in [5.74, 6) is -1.24. The molecule has 2 N–H and O–H groups in total. The number of hydrogen-bond acceptors (Lipinski definition) is 6. The molecule has 0 radical (unpaired) electrons. The summed E-state index contributed by atoms with van der Waals surface area (Å²) in [5.41, 5.74) is 1.29. The Labute approximate surface area is 249 Å². The van der Waals surface area contributed by atoms with E-state index < -0.39 is 35.6 Å². The fraction of sp³-hybridized carbons (Fsp3) is 0.576. The largest absolute Gasteiger partial charge is 0.444 e. The van der Waals surface area contributed by atoms with E-state index in [-0.39, 0.29) is 30.5 Å². The van der Waals surface area contributed by atoms with Gasteiger partial charge in [0, 0.05) is 42.1 Å². The molecule has 2 heterocycles. The summed E-state index contributed by atoms with van der Waals surface area (Å²) in [5, 5.41) is 13.4. The van der Waals surface area contributed by atoms with Gasteiger partial charge >= 0.3 is 6.09 Å². The van der Waals surface area contributed by atoms with Crippen molar-refractivity contribution in [2.24, 2.45) is 5.92 Å². The van der Waals surface area contributed by atoms with Gasteiger partial charge < -0.3 is 15.2 Å². The number of nitrogens with one attached hydrogen (secondary N) is 1. The molecule has 0 bridgehead atoms. The molecule has 1 aromatic heterocycles. The minimum Gasteiger partial charge on any atom is -0.444 e. The standard InChI is InChI=1S/C33H46N4O5/c1-32(2,3)24-14-16-26(17-15-24)37(30(40)28-23(21-38)20-36(28)31(41)42-33(4,5)6)27(22-11-10-18-34-19-22)29(39)35-25-12-8-7-9-13-25/h10-11,14-19,23,25,27-28,38H,7-9,12-13,20-21H2,1-6H3,(H,35,39)/t23?,27?,28-/m1/s1. The first-order valence-electron chi connectivity index (χ1n) is 15.0. The van der Waals surface area contributed by atoms with Crippen LogP contribution >= 0.6 is 0 Å². The van der Waals surface area contributed by atoms with E-state index in [1.54, 1.807) is 45.3 Å². The maximum Gasteiger partial charge on any atom is 0.410 e. The summed E-state index contributed by atoms with van der Waals surface area (Å²) in [4.78, 5) is 49.0. The lowest BCUT2D eigenvalue weighted by Gasteiger charge is -2.48. The van der Waals surface area contributed by atoms with Gasteiger partial charge in [-0.3, -0.25) is 24.4 Å². The molecular formula is C33H46N4O5. The van der Waals surface area contributed by atoms with Crippen LogP contribution in [0.4, 0.5) is 10.5 Å². The van der Waals surface area contributed by atoms with Crippen molar-refractivity contribution in [1.29, 1.82) is 0 Å². The monoisotopic (exact) mass is 578 g/mol. The Morgan fingerprint density at radius 1 is 1.05 bits per heavy atom. The van der Waals surface area contributed by atoms with Gasteiger partial charge in [-0.1, -0.05) is 58.2 Å². The molecule has 1 saturated heterocycles. The molecule has 2 fully saturated rings. The second-order valence-electron chi connectivity index (χ2n) is 13.6. The molecular weight excluding hydrogens is 532 g/mol. The number of rotatable bonds is 7. The number of aliphatic hydroxyl groups is 1. The number of carbonyl (C=O) groups is 3. The predicted molar refractivity (Wildman–Crippen MR) is 162 cm³/mol. The third-order valence-corrected chi connectivity index (χ3v) is 8.04. The van der Waals surface area contributed by atoms with E-state index in [0.29, 0.717) is 11.3 Å². The van der Waals surface area contributed by atoms with E-state index in [9.17, 15) is 19.5 Å². The molecule has 228 valence electrons. The predicted octanol–water partition coefficient (Wildman–Crippen LogP) is 5.13. The Hall–Kier alpha value is -3.46. The van der Waals surface area contributed by atoms with Crippen LogP contribution in [0.15, 0.2) is 48.8 Å². The lowest BCUT2D eigenvalue weighted by Crippen LogP contribution is -2.67. The number of likely N-dealkylation sites (tertiary alicyclic amines) is 1. The van der Waals surface area contributed by atoms with Crippen molar-refractivity contribution in [2.75, 3.05) is 18.1 Å². The first-order valence-corrected chi connectivity index (χ1v) is 15.0. The number of hydrogen-bond donors (Lipinski definition) is 2. The van der Waals surface area contributed by atoms with Gasteiger partial charge in [-0.15, -0.1) is 0 Å². The van der Waals surface area contributed by atoms with Crippen molar-refractivity contribution in [1.82, 2.24) is 15.2 Å². The van der Waals surface area contributed by atoms with E-state index in [0.717, 1.165) is 37.7 Å². The second kappa shape index (κ2) is 12.8. The molecule has 2 unspecified atom stereocenters. The summed E-state index contributed by atoms with van der Waals surface area (Å²) < 4.78 is 5.59. The van der Waals surface area contributed by atoms with Crippen LogP contribution in [0.5, 0.6) is 0 Å². The average Bonchev–Trinajstić information content (AvgIpc) is 2.91. The zero-order valence-electron chi connectivity index (χ0n) is 25.8. The summed E-state index contributed by atoms with van der Waals surface area (Å²) in [7, 11) is 0. The first kappa shape index (κ1) is 31.5. The minimum atomic E-state index is -1.03. The van der Waals surface area contributed by atoms with Gasteiger partial charge in [-0.25, -0.2) is 4.79 Å². The van der Waals surface area contributed by atoms with Gasteiger partial charge in [0.1, 0.15) is 17.7 Å². The number of aromatic nitrogens is 1. The zero-order valence-corrected chi connectivity index (χ0v) is 25.8. The van der Waals surface area contributed by atoms with Crippen LogP contribution in [0.25, 0.3) is 0 Å². The summed E-state index contributed by atoms with van der Waals surface area (Å²) in [6.07, 6.45) is 7.62. The molecule has 2 aliphatic rings. The molecule has 1 aliphatic heterocycles. The Bertz CT molecular complexity index is 1230. The van der Waals surface area contributed by atoms with Crippen LogP contribution in [0, 0.1) is 5.92 Å². The number of nitrogens with zero attached hydrogens (tertiary/aromatic N) is 3. The van der Waals surface area contributed by atoms with Gasteiger partial charge in [0.25, 0.3) is 5.91 Å². The lowest BCUT2D eigenvalue weighted by atomic mass is 9.86. The number of amides is 3. The smallest absolute Gasteiger partial charge is 0.410 e. The average molecular weight is 579 g/mol. The van der Waals surface area contributed by atoms with Gasteiger partial charge in [0.15, 0.2) is 0 Å². The summed E-state index contributed by atoms with van der Waals surface area (Å²) >= 11 is 0. The number of ether oxygens (including phenoxy) is 1. The van der Waals surface area contributed by atoms with E-state index in [1.807, 2.05) is 24.3 Å². The van der Waals surface area contributed by atoms with Crippen LogP contribution in [0.3, 0.4) is 0 Å². The van der Waals surface area contributed by atoms with Crippen LogP contribution in [-0.4, -0.2) is 63.7 Å². The SMILES string of the molecule is CC(C)(C)OC(=O)N1CC(CO)[C@@H]1C(=O)N(c1ccc(C(C)(C)C)cc1)C(C(=O)NC1CCCCC1)c1cccnc1. The van der Waals surface area contributed by atoms with E-state index in [2.05, 4.69) is 31.1 Å². The molecule has 3 amide bonds. The molecule has 1 saturated carbocycles. The van der Waals surface area contributed by atoms with E-state index in [4.69, 9.17) is 4.74 Å². The number of pyridine rings is 1. The van der Waals surface area contributed by atoms with Gasteiger partial charge in [0.2, 0.25) is 5.91 Å². The molecule has 3 atom stereocenters. The Balaban J connectivity index is 1.79. The third kappa shape index (κ3) is 7.30. The van der Waals surface area contributed by atoms with Crippen LogP contribution in [0.1, 0.15) is 90.8 Å². The van der Waals surface area contributed by atoms with Crippen molar-refractivity contribution in [3.05, 3.63) is 59.9 Å². The molecule has 42 heavy (non-hydrogen) atoms. The summed E-state index contributed by atoms with van der Waals surface area (Å²) in [6.45, 7) is 11.5. The number of benzene rings is 1. The maximum absolute atomic E-state index is 14.6. The van der Waals surface area contributed by atoms with Crippen LogP contribution in [-0.2, 0) is 19.7 Å². The quantitative estimate of drug-likeness (QED) is 0.471. The number of carbonyl (C=O) groups excluding carboxylic acids is 3. The van der Waals surface area contributed by atoms with E-state index in [1.165, 1.54) is 9.80 Å². The molecule has 4 rings (SSSR count).